The number of Topliss-reactive ketones (excluding diaryl/α,β-unsaturated/α-hetero) is 1. The summed E-state index contributed by atoms with van der Waals surface area (Å²) in [4.78, 5) is 12.2. The third-order valence-electron chi connectivity index (χ3n) is 2.73. The molecule has 0 saturated heterocycles. The third kappa shape index (κ3) is 2.42. The maximum Gasteiger partial charge on any atom is 0.196 e. The number of carbonyl (C=O) groups excluding carboxylic acids is 1. The number of phenols is 3. The molecule has 0 unspecified atom stereocenters. The molecule has 2 aromatic carbocycles. The predicted molar refractivity (Wildman–Crippen MR) is 71.2 cm³/mol. The van der Waals surface area contributed by atoms with Crippen LogP contribution in [0.2, 0.25) is 0 Å². The van der Waals surface area contributed by atoms with Crippen LogP contribution in [0.25, 0.3) is 5.57 Å². The topological polar surface area (TPSA) is 77.8 Å². The lowest BCUT2D eigenvalue weighted by molar-refractivity contribution is 0.105. The largest absolute Gasteiger partial charge is 0.508 e. The summed E-state index contributed by atoms with van der Waals surface area (Å²) in [7, 11) is 0. The molecule has 96 valence electrons. The van der Waals surface area contributed by atoms with Crippen LogP contribution in [0.5, 0.6) is 17.2 Å². The van der Waals surface area contributed by atoms with E-state index in [1.165, 1.54) is 18.2 Å². The van der Waals surface area contributed by atoms with E-state index in [4.69, 9.17) is 0 Å². The number of allylic oxidation sites excluding steroid dienone is 1. The maximum absolute atomic E-state index is 12.2. The van der Waals surface area contributed by atoms with Crippen LogP contribution >= 0.6 is 0 Å². The molecule has 0 saturated carbocycles. The van der Waals surface area contributed by atoms with Crippen molar-refractivity contribution in [3.05, 3.63) is 60.2 Å². The van der Waals surface area contributed by atoms with Crippen molar-refractivity contribution >= 4 is 11.4 Å². The molecule has 0 radical (unpaired) electrons. The number of hydrogen-bond acceptors (Lipinski definition) is 4. The van der Waals surface area contributed by atoms with Gasteiger partial charge in [-0.2, -0.15) is 0 Å². The number of aromatic hydroxyl groups is 3. The molecule has 0 aliphatic heterocycles. The highest BCUT2D eigenvalue weighted by molar-refractivity contribution is 6.29. The van der Waals surface area contributed by atoms with Gasteiger partial charge in [-0.05, 0) is 18.2 Å². The van der Waals surface area contributed by atoms with Crippen LogP contribution in [0.15, 0.2) is 49.0 Å². The zero-order valence-electron chi connectivity index (χ0n) is 10.00. The Hall–Kier alpha value is -2.75. The van der Waals surface area contributed by atoms with Gasteiger partial charge in [0.15, 0.2) is 5.78 Å². The van der Waals surface area contributed by atoms with Gasteiger partial charge in [0.05, 0.1) is 5.56 Å². The first-order valence-electron chi connectivity index (χ1n) is 5.54. The van der Waals surface area contributed by atoms with E-state index >= 15 is 0 Å². The second-order valence-corrected chi connectivity index (χ2v) is 4.03. The summed E-state index contributed by atoms with van der Waals surface area (Å²) in [6, 6.07) is 9.99. The van der Waals surface area contributed by atoms with E-state index in [0.29, 0.717) is 5.56 Å². The van der Waals surface area contributed by atoms with Crippen molar-refractivity contribution in [2.24, 2.45) is 0 Å². The lowest BCUT2D eigenvalue weighted by Crippen LogP contribution is -2.02. The van der Waals surface area contributed by atoms with Crippen molar-refractivity contribution < 1.29 is 20.1 Å². The van der Waals surface area contributed by atoms with Crippen molar-refractivity contribution in [2.75, 3.05) is 0 Å². The van der Waals surface area contributed by atoms with Gasteiger partial charge in [0.25, 0.3) is 0 Å². The van der Waals surface area contributed by atoms with Crippen molar-refractivity contribution in [2.45, 2.75) is 0 Å². The van der Waals surface area contributed by atoms with Crippen molar-refractivity contribution in [3.63, 3.8) is 0 Å². The van der Waals surface area contributed by atoms with Crippen LogP contribution in [-0.2, 0) is 0 Å². The van der Waals surface area contributed by atoms with E-state index in [9.17, 15) is 20.1 Å². The Morgan fingerprint density at radius 1 is 0.895 bits per heavy atom. The lowest BCUT2D eigenvalue weighted by atomic mass is 9.97. The lowest BCUT2D eigenvalue weighted by Gasteiger charge is -2.08. The maximum atomic E-state index is 12.2. The molecule has 2 rings (SSSR count). The molecule has 19 heavy (non-hydrogen) atoms. The Bertz CT molecular complexity index is 659. The highest BCUT2D eigenvalue weighted by Crippen LogP contribution is 2.30. The van der Waals surface area contributed by atoms with Crippen LogP contribution in [0.3, 0.4) is 0 Å². The minimum Gasteiger partial charge on any atom is -0.508 e. The number of hydrogen-bond donors (Lipinski definition) is 3. The van der Waals surface area contributed by atoms with Crippen LogP contribution < -0.4 is 0 Å². The van der Waals surface area contributed by atoms with Crippen molar-refractivity contribution in [1.29, 1.82) is 0 Å². The minimum atomic E-state index is -0.515. The molecule has 0 bridgehead atoms. The average Bonchev–Trinajstić information content (AvgIpc) is 2.38. The first kappa shape index (κ1) is 12.7. The number of phenolic OH excluding ortho intramolecular Hbond substituents is 3. The first-order chi connectivity index (χ1) is 9.00. The quantitative estimate of drug-likeness (QED) is 0.583. The fourth-order valence-corrected chi connectivity index (χ4v) is 1.73. The standard InChI is InChI=1S/C15H12O4/c1-9(11-4-2-3-5-13(11)17)15(19)12-7-6-10(16)8-14(12)18/h2-8,16-18H,1H2. The van der Waals surface area contributed by atoms with Crippen molar-refractivity contribution in [3.8, 4) is 17.2 Å². The Kier molecular flexibility index (Phi) is 3.25. The van der Waals surface area contributed by atoms with Gasteiger partial charge in [0.1, 0.15) is 17.2 Å². The van der Waals surface area contributed by atoms with Crippen LogP contribution in [0.1, 0.15) is 15.9 Å². The molecule has 0 amide bonds. The summed E-state index contributed by atoms with van der Waals surface area (Å²) in [5.41, 5.74) is 0.394. The van der Waals surface area contributed by atoms with Gasteiger partial charge < -0.3 is 15.3 Å². The number of rotatable bonds is 3. The van der Waals surface area contributed by atoms with Gasteiger partial charge in [0.2, 0.25) is 0 Å². The fourth-order valence-electron chi connectivity index (χ4n) is 1.73. The Morgan fingerprint density at radius 3 is 2.21 bits per heavy atom. The molecule has 0 heterocycles. The number of para-hydroxylation sites is 1. The summed E-state index contributed by atoms with van der Waals surface area (Å²) >= 11 is 0. The number of ketones is 1. The molecular weight excluding hydrogens is 244 g/mol. The SMILES string of the molecule is C=C(C(=O)c1ccc(O)cc1O)c1ccccc1O. The summed E-state index contributed by atoms with van der Waals surface area (Å²) in [6.07, 6.45) is 0. The summed E-state index contributed by atoms with van der Waals surface area (Å²) in [5, 5.41) is 28.5. The summed E-state index contributed by atoms with van der Waals surface area (Å²) in [5.74, 6) is -1.04. The molecule has 0 aliphatic carbocycles. The molecule has 4 nitrogen and oxygen atoms in total. The fraction of sp³-hybridized carbons (Fsp3) is 0. The molecule has 3 N–H and O–H groups in total. The monoisotopic (exact) mass is 256 g/mol. The highest BCUT2D eigenvalue weighted by atomic mass is 16.3. The van der Waals surface area contributed by atoms with E-state index in [0.717, 1.165) is 6.07 Å². The van der Waals surface area contributed by atoms with Gasteiger partial charge >= 0.3 is 0 Å². The minimum absolute atomic E-state index is 0.0195. The first-order valence-corrected chi connectivity index (χ1v) is 5.54. The Morgan fingerprint density at radius 2 is 1.58 bits per heavy atom. The van der Waals surface area contributed by atoms with E-state index in [2.05, 4.69) is 6.58 Å². The highest BCUT2D eigenvalue weighted by Gasteiger charge is 2.18. The molecule has 0 aliphatic rings. The normalized spacial score (nSPS) is 10.1. The zero-order valence-corrected chi connectivity index (χ0v) is 10.00. The molecule has 4 heteroatoms. The number of carbonyl (C=O) groups is 1. The second kappa shape index (κ2) is 4.86. The van der Waals surface area contributed by atoms with Gasteiger partial charge in [-0.15, -0.1) is 0 Å². The van der Waals surface area contributed by atoms with Gasteiger partial charge in [-0.3, -0.25) is 4.79 Å². The second-order valence-electron chi connectivity index (χ2n) is 4.03. The Balaban J connectivity index is 2.40. The van der Waals surface area contributed by atoms with Gasteiger partial charge in [-0.1, -0.05) is 24.8 Å². The van der Waals surface area contributed by atoms with Crippen LogP contribution in [0.4, 0.5) is 0 Å². The van der Waals surface area contributed by atoms with Gasteiger partial charge in [-0.25, -0.2) is 0 Å². The zero-order chi connectivity index (χ0) is 14.0. The van der Waals surface area contributed by atoms with E-state index < -0.39 is 5.78 Å². The smallest absolute Gasteiger partial charge is 0.196 e. The summed E-state index contributed by atoms with van der Waals surface area (Å²) in [6.45, 7) is 3.64. The van der Waals surface area contributed by atoms with Gasteiger partial charge in [0, 0.05) is 17.2 Å². The molecule has 0 atom stereocenters. The molecule has 0 spiro atoms. The van der Waals surface area contributed by atoms with Crippen LogP contribution in [0, 0.1) is 0 Å². The molecule has 0 aromatic heterocycles. The third-order valence-corrected chi connectivity index (χ3v) is 2.73. The average molecular weight is 256 g/mol. The molecular formula is C15H12O4. The molecule has 0 fully saturated rings. The van der Waals surface area contributed by atoms with Crippen molar-refractivity contribution in [1.82, 2.24) is 0 Å². The predicted octanol–water partition coefficient (Wildman–Crippen LogP) is 2.70. The molecule has 2 aromatic rings. The number of benzene rings is 2. The van der Waals surface area contributed by atoms with E-state index in [1.54, 1.807) is 18.2 Å². The van der Waals surface area contributed by atoms with Crippen LogP contribution in [-0.4, -0.2) is 21.1 Å². The van der Waals surface area contributed by atoms with E-state index in [1.807, 2.05) is 0 Å². The Labute approximate surface area is 109 Å². The van der Waals surface area contributed by atoms with E-state index in [-0.39, 0.29) is 28.4 Å². The summed E-state index contributed by atoms with van der Waals surface area (Å²) < 4.78 is 0.